The summed E-state index contributed by atoms with van der Waals surface area (Å²) >= 11 is 0. The summed E-state index contributed by atoms with van der Waals surface area (Å²) in [5, 5.41) is 0. The highest BCUT2D eigenvalue weighted by Gasteiger charge is 2.23. The molecule has 0 radical (unpaired) electrons. The van der Waals surface area contributed by atoms with E-state index in [0.29, 0.717) is 6.61 Å². The van der Waals surface area contributed by atoms with Crippen LogP contribution in [0.4, 0.5) is 0 Å². The molecule has 0 saturated carbocycles. The van der Waals surface area contributed by atoms with Crippen LogP contribution in [0, 0.1) is 0 Å². The maximum absolute atomic E-state index is 12.6. The van der Waals surface area contributed by atoms with Gasteiger partial charge in [0.1, 0.15) is 11.9 Å². The molecule has 1 aromatic rings. The van der Waals surface area contributed by atoms with Crippen LogP contribution in [-0.4, -0.2) is 75.4 Å². The minimum Gasteiger partial charge on any atom is -0.497 e. The molecule has 0 bridgehead atoms. The lowest BCUT2D eigenvalue weighted by atomic mass is 10.2. The molecule has 0 aliphatic carbocycles. The van der Waals surface area contributed by atoms with E-state index in [2.05, 4.69) is 4.90 Å². The fraction of sp³-hybridized carbons (Fsp3) is 0.632. The summed E-state index contributed by atoms with van der Waals surface area (Å²) in [5.74, 6) is 0.861. The minimum atomic E-state index is -0.447. The molecular formula is C19H30N2O4. The van der Waals surface area contributed by atoms with Crippen LogP contribution in [0.3, 0.4) is 0 Å². The van der Waals surface area contributed by atoms with Gasteiger partial charge in [-0.1, -0.05) is 12.1 Å². The maximum atomic E-state index is 12.6. The Morgan fingerprint density at radius 1 is 1.20 bits per heavy atom. The molecule has 1 saturated heterocycles. The first-order valence-corrected chi connectivity index (χ1v) is 8.88. The van der Waals surface area contributed by atoms with Crippen LogP contribution in [0.2, 0.25) is 0 Å². The fourth-order valence-corrected chi connectivity index (χ4v) is 2.95. The van der Waals surface area contributed by atoms with Crippen LogP contribution in [0.25, 0.3) is 0 Å². The number of methoxy groups -OCH3 is 2. The van der Waals surface area contributed by atoms with E-state index in [4.69, 9.17) is 14.2 Å². The number of hydrogen-bond donors (Lipinski definition) is 0. The Kier molecular flexibility index (Phi) is 8.18. The van der Waals surface area contributed by atoms with E-state index in [0.717, 1.165) is 57.1 Å². The Morgan fingerprint density at radius 2 is 2.04 bits per heavy atom. The zero-order valence-electron chi connectivity index (χ0n) is 15.6. The van der Waals surface area contributed by atoms with Gasteiger partial charge in [0.2, 0.25) is 0 Å². The number of rotatable bonds is 8. The summed E-state index contributed by atoms with van der Waals surface area (Å²) in [7, 11) is 3.36. The van der Waals surface area contributed by atoms with Gasteiger partial charge in [0.15, 0.2) is 0 Å². The molecule has 0 aromatic heterocycles. The molecule has 1 heterocycles. The van der Waals surface area contributed by atoms with E-state index in [1.165, 1.54) is 0 Å². The van der Waals surface area contributed by atoms with Crippen LogP contribution in [-0.2, 0) is 20.9 Å². The first-order valence-electron chi connectivity index (χ1n) is 8.88. The average Bonchev–Trinajstić information content (AvgIpc) is 2.89. The van der Waals surface area contributed by atoms with Crippen molar-refractivity contribution in [2.75, 3.05) is 53.6 Å². The lowest BCUT2D eigenvalue weighted by Gasteiger charge is -2.25. The van der Waals surface area contributed by atoms with E-state index in [1.54, 1.807) is 14.2 Å². The van der Waals surface area contributed by atoms with Gasteiger partial charge in [-0.05, 0) is 37.6 Å². The molecule has 1 atom stereocenters. The van der Waals surface area contributed by atoms with E-state index >= 15 is 0 Å². The van der Waals surface area contributed by atoms with Crippen molar-refractivity contribution in [3.8, 4) is 5.75 Å². The number of nitrogens with zero attached hydrogens (tertiary/aromatic N) is 2. The van der Waals surface area contributed by atoms with Crippen molar-refractivity contribution in [3.63, 3.8) is 0 Å². The summed E-state index contributed by atoms with van der Waals surface area (Å²) in [6.07, 6.45) is 0.537. The van der Waals surface area contributed by atoms with Crippen molar-refractivity contribution in [3.05, 3.63) is 29.8 Å². The quantitative estimate of drug-likeness (QED) is 0.715. The second kappa shape index (κ2) is 10.4. The van der Waals surface area contributed by atoms with E-state index in [9.17, 15) is 4.79 Å². The van der Waals surface area contributed by atoms with Crippen LogP contribution in [0.5, 0.6) is 5.75 Å². The summed E-state index contributed by atoms with van der Waals surface area (Å²) in [5.41, 5.74) is 1.00. The monoisotopic (exact) mass is 350 g/mol. The molecule has 1 aliphatic heterocycles. The first kappa shape index (κ1) is 19.7. The average molecular weight is 350 g/mol. The van der Waals surface area contributed by atoms with Crippen molar-refractivity contribution in [1.82, 2.24) is 9.80 Å². The molecule has 140 valence electrons. The SMILES string of the molecule is COCCN1CCCN(C(=O)C(C)OCc2cccc(OC)c2)CC1. The second-order valence-electron chi connectivity index (χ2n) is 6.32. The lowest BCUT2D eigenvalue weighted by Crippen LogP contribution is -2.41. The molecule has 6 heteroatoms. The van der Waals surface area contributed by atoms with E-state index in [-0.39, 0.29) is 5.91 Å². The Bertz CT molecular complexity index is 538. The smallest absolute Gasteiger partial charge is 0.251 e. The molecule has 0 N–H and O–H groups in total. The fourth-order valence-electron chi connectivity index (χ4n) is 2.95. The Labute approximate surface area is 150 Å². The third-order valence-corrected chi connectivity index (χ3v) is 4.49. The standard InChI is InChI=1S/C19H30N2O4/c1-16(25-15-17-6-4-7-18(14-17)24-3)19(22)21-9-5-8-20(10-11-21)12-13-23-2/h4,6-7,14,16H,5,8-13,15H2,1-3H3. The van der Waals surface area contributed by atoms with Gasteiger partial charge in [0.25, 0.3) is 5.91 Å². The highest BCUT2D eigenvalue weighted by atomic mass is 16.5. The largest absolute Gasteiger partial charge is 0.497 e. The van der Waals surface area contributed by atoms with Crippen LogP contribution in [0.15, 0.2) is 24.3 Å². The molecule has 1 aromatic carbocycles. The number of benzene rings is 1. The summed E-state index contributed by atoms with van der Waals surface area (Å²) in [6.45, 7) is 7.30. The highest BCUT2D eigenvalue weighted by Crippen LogP contribution is 2.14. The number of amides is 1. The predicted molar refractivity (Wildman–Crippen MR) is 96.8 cm³/mol. The highest BCUT2D eigenvalue weighted by molar-refractivity contribution is 5.80. The normalized spacial score (nSPS) is 17.2. The molecule has 0 spiro atoms. The van der Waals surface area contributed by atoms with Crippen molar-refractivity contribution < 1.29 is 19.0 Å². The van der Waals surface area contributed by atoms with Gasteiger partial charge in [0.05, 0.1) is 20.3 Å². The maximum Gasteiger partial charge on any atom is 0.251 e. The van der Waals surface area contributed by atoms with Crippen LogP contribution >= 0.6 is 0 Å². The first-order chi connectivity index (χ1) is 12.1. The van der Waals surface area contributed by atoms with E-state index in [1.807, 2.05) is 36.1 Å². The molecule has 1 aliphatic rings. The minimum absolute atomic E-state index is 0.0662. The van der Waals surface area contributed by atoms with Gasteiger partial charge >= 0.3 is 0 Å². The lowest BCUT2D eigenvalue weighted by molar-refractivity contribution is -0.143. The molecule has 1 amide bonds. The molecule has 1 fully saturated rings. The van der Waals surface area contributed by atoms with Crippen LogP contribution < -0.4 is 4.74 Å². The molecule has 1 unspecified atom stereocenters. The third kappa shape index (κ3) is 6.30. The molecule has 6 nitrogen and oxygen atoms in total. The number of ether oxygens (including phenoxy) is 3. The Morgan fingerprint density at radius 3 is 2.80 bits per heavy atom. The van der Waals surface area contributed by atoms with Gasteiger partial charge in [-0.25, -0.2) is 0 Å². The van der Waals surface area contributed by atoms with Gasteiger partial charge in [0, 0.05) is 33.3 Å². The summed E-state index contributed by atoms with van der Waals surface area (Å²) < 4.78 is 16.1. The van der Waals surface area contributed by atoms with Gasteiger partial charge < -0.3 is 19.1 Å². The van der Waals surface area contributed by atoms with Gasteiger partial charge in [-0.2, -0.15) is 0 Å². The van der Waals surface area contributed by atoms with E-state index < -0.39 is 6.10 Å². The van der Waals surface area contributed by atoms with Crippen molar-refractivity contribution in [1.29, 1.82) is 0 Å². The summed E-state index contributed by atoms with van der Waals surface area (Å²) in [4.78, 5) is 16.9. The Hall–Kier alpha value is -1.63. The molecule has 25 heavy (non-hydrogen) atoms. The van der Waals surface area contributed by atoms with Crippen LogP contribution in [0.1, 0.15) is 18.9 Å². The van der Waals surface area contributed by atoms with Crippen molar-refractivity contribution in [2.45, 2.75) is 26.1 Å². The van der Waals surface area contributed by atoms with Gasteiger partial charge in [-0.3, -0.25) is 9.69 Å². The number of carbonyl (C=O) groups excluding carboxylic acids is 1. The zero-order valence-corrected chi connectivity index (χ0v) is 15.6. The van der Waals surface area contributed by atoms with Gasteiger partial charge in [-0.15, -0.1) is 0 Å². The van der Waals surface area contributed by atoms with Crippen molar-refractivity contribution >= 4 is 5.91 Å². The second-order valence-corrected chi connectivity index (χ2v) is 6.32. The third-order valence-electron chi connectivity index (χ3n) is 4.49. The van der Waals surface area contributed by atoms with Crippen molar-refractivity contribution in [2.24, 2.45) is 0 Å². The predicted octanol–water partition coefficient (Wildman–Crippen LogP) is 1.78. The summed E-state index contributed by atoms with van der Waals surface area (Å²) in [6, 6.07) is 7.72. The molecule has 2 rings (SSSR count). The number of carbonyl (C=O) groups is 1. The molecular weight excluding hydrogens is 320 g/mol. The Balaban J connectivity index is 1.80. The topological polar surface area (TPSA) is 51.2 Å². The number of hydrogen-bond acceptors (Lipinski definition) is 5. The zero-order chi connectivity index (χ0) is 18.1.